The Kier molecular flexibility index (Phi) is 7.80. The molecule has 0 saturated carbocycles. The molecule has 0 N–H and O–H groups in total. The highest BCUT2D eigenvalue weighted by atomic mass is 15.1. The van der Waals surface area contributed by atoms with Gasteiger partial charge in [-0.2, -0.15) is 0 Å². The van der Waals surface area contributed by atoms with Gasteiger partial charge in [0.2, 0.25) is 0 Å². The smallest absolute Gasteiger partial charge is 0.164 e. The monoisotopic (exact) mass is 804 g/mol. The summed E-state index contributed by atoms with van der Waals surface area (Å²) in [6, 6.07) is 77.3. The van der Waals surface area contributed by atoms with E-state index in [2.05, 4.69) is 196 Å². The lowest BCUT2D eigenvalue weighted by atomic mass is 10.0. The molecule has 0 spiro atoms. The van der Waals surface area contributed by atoms with E-state index < -0.39 is 0 Å². The van der Waals surface area contributed by atoms with Crippen LogP contribution in [0.15, 0.2) is 218 Å². The predicted molar refractivity (Wildman–Crippen MR) is 259 cm³/mol. The van der Waals surface area contributed by atoms with Gasteiger partial charge in [0.05, 0.1) is 38.8 Å². The molecular weight excluding hydrogens is 769 g/mol. The summed E-state index contributed by atoms with van der Waals surface area (Å²) in [5, 5.41) is 7.04. The molecule has 0 atom stereocenters. The third-order valence-corrected chi connectivity index (χ3v) is 12.5. The van der Waals surface area contributed by atoms with Crippen LogP contribution in [0.1, 0.15) is 0 Å². The van der Waals surface area contributed by atoms with E-state index in [4.69, 9.17) is 15.0 Å². The number of nitrogens with zero attached hydrogens (tertiary/aromatic N) is 6. The third-order valence-electron chi connectivity index (χ3n) is 12.5. The summed E-state index contributed by atoms with van der Waals surface area (Å²) in [5.74, 6) is 1.87. The molecule has 0 aliphatic carbocycles. The number of para-hydroxylation sites is 5. The summed E-state index contributed by atoms with van der Waals surface area (Å²) in [6.45, 7) is 0. The van der Waals surface area contributed by atoms with Crippen molar-refractivity contribution in [3.05, 3.63) is 218 Å². The second-order valence-corrected chi connectivity index (χ2v) is 16.0. The number of hydrogen-bond donors (Lipinski definition) is 0. The number of hydrogen-bond acceptors (Lipinski definition) is 3. The first-order chi connectivity index (χ1) is 31.3. The van der Waals surface area contributed by atoms with E-state index in [0.717, 1.165) is 66.6 Å². The van der Waals surface area contributed by atoms with Gasteiger partial charge >= 0.3 is 0 Å². The molecule has 4 aromatic heterocycles. The van der Waals surface area contributed by atoms with E-state index in [-0.39, 0.29) is 0 Å². The van der Waals surface area contributed by atoms with Crippen molar-refractivity contribution in [3.63, 3.8) is 0 Å². The Balaban J connectivity index is 1.19. The first-order valence-corrected chi connectivity index (χ1v) is 21.3. The highest BCUT2D eigenvalue weighted by Gasteiger charge is 2.26. The predicted octanol–water partition coefficient (Wildman–Crippen LogP) is 14.2. The molecule has 0 unspecified atom stereocenters. The third kappa shape index (κ3) is 5.35. The van der Waals surface area contributed by atoms with Crippen LogP contribution in [-0.2, 0) is 0 Å². The van der Waals surface area contributed by atoms with Gasteiger partial charge in [-0.1, -0.05) is 158 Å². The number of benzene rings is 9. The fraction of sp³-hybridized carbons (Fsp3) is 0. The van der Waals surface area contributed by atoms with E-state index in [1.165, 1.54) is 32.6 Å². The number of aromatic nitrogens is 6. The van der Waals surface area contributed by atoms with Gasteiger partial charge in [0.1, 0.15) is 0 Å². The fourth-order valence-electron chi connectivity index (χ4n) is 9.83. The molecular formula is C57H36N6. The Labute approximate surface area is 362 Å². The molecule has 0 bridgehead atoms. The molecule has 0 radical (unpaired) electrons. The molecule has 13 rings (SSSR count). The Morgan fingerprint density at radius 1 is 0.270 bits per heavy atom. The van der Waals surface area contributed by atoms with Gasteiger partial charge in [-0.05, 0) is 60.7 Å². The van der Waals surface area contributed by atoms with Crippen molar-refractivity contribution in [3.8, 4) is 51.2 Å². The zero-order chi connectivity index (χ0) is 41.4. The summed E-state index contributed by atoms with van der Waals surface area (Å²) in [6.07, 6.45) is 0. The number of rotatable bonds is 6. The Hall–Kier alpha value is -8.61. The first kappa shape index (κ1) is 35.2. The molecule has 294 valence electrons. The quantitative estimate of drug-likeness (QED) is 0.168. The molecule has 63 heavy (non-hydrogen) atoms. The van der Waals surface area contributed by atoms with Crippen LogP contribution in [0.5, 0.6) is 0 Å². The van der Waals surface area contributed by atoms with Crippen LogP contribution in [0.3, 0.4) is 0 Å². The summed E-state index contributed by atoms with van der Waals surface area (Å²) < 4.78 is 7.33. The molecule has 0 fully saturated rings. The molecule has 9 aromatic carbocycles. The SMILES string of the molecule is c1ccc(-c2nc(-c3ccccc3)nc(-c3ccc(-n4c5ccccc5c5c4ccc4c6ccccc6n(-c6ccccc6)c45)c4c3c3ccccc3n4-c3ccccc3)n2)cc1. The van der Waals surface area contributed by atoms with Crippen LogP contribution in [-0.4, -0.2) is 28.7 Å². The van der Waals surface area contributed by atoms with Crippen LogP contribution >= 0.6 is 0 Å². The minimum absolute atomic E-state index is 0.617. The van der Waals surface area contributed by atoms with Crippen molar-refractivity contribution in [1.82, 2.24) is 28.7 Å². The molecule has 6 nitrogen and oxygen atoms in total. The molecule has 0 aliphatic rings. The molecule has 4 heterocycles. The average molecular weight is 805 g/mol. The molecule has 13 aromatic rings. The maximum Gasteiger partial charge on any atom is 0.164 e. The highest BCUT2D eigenvalue weighted by Crippen LogP contribution is 2.46. The molecule has 0 saturated heterocycles. The van der Waals surface area contributed by atoms with Crippen molar-refractivity contribution in [1.29, 1.82) is 0 Å². The second kappa shape index (κ2) is 14.0. The van der Waals surface area contributed by atoms with E-state index in [0.29, 0.717) is 17.5 Å². The number of fused-ring (bicyclic) bond motifs is 10. The van der Waals surface area contributed by atoms with Crippen LogP contribution < -0.4 is 0 Å². The van der Waals surface area contributed by atoms with E-state index >= 15 is 0 Å². The molecule has 0 aliphatic heterocycles. The fourth-order valence-corrected chi connectivity index (χ4v) is 9.83. The van der Waals surface area contributed by atoms with Crippen LogP contribution in [0, 0.1) is 0 Å². The summed E-state index contributed by atoms with van der Waals surface area (Å²) in [5.41, 5.74) is 12.8. The Morgan fingerprint density at radius 2 is 0.714 bits per heavy atom. The maximum absolute atomic E-state index is 5.28. The van der Waals surface area contributed by atoms with Crippen molar-refractivity contribution in [2.24, 2.45) is 0 Å². The van der Waals surface area contributed by atoms with Crippen molar-refractivity contribution in [2.45, 2.75) is 0 Å². The van der Waals surface area contributed by atoms with Gasteiger partial charge in [-0.15, -0.1) is 0 Å². The summed E-state index contributed by atoms with van der Waals surface area (Å²) in [4.78, 5) is 15.6. The lowest BCUT2D eigenvalue weighted by Gasteiger charge is -2.16. The van der Waals surface area contributed by atoms with Gasteiger partial charge in [0.15, 0.2) is 17.5 Å². The highest BCUT2D eigenvalue weighted by molar-refractivity contribution is 6.27. The Morgan fingerprint density at radius 3 is 1.30 bits per heavy atom. The van der Waals surface area contributed by atoms with Crippen LogP contribution in [0.4, 0.5) is 0 Å². The molecule has 0 amide bonds. The van der Waals surface area contributed by atoms with Gasteiger partial charge in [-0.25, -0.2) is 15.0 Å². The zero-order valence-corrected chi connectivity index (χ0v) is 34.0. The van der Waals surface area contributed by atoms with Crippen LogP contribution in [0.25, 0.3) is 117 Å². The maximum atomic E-state index is 5.28. The van der Waals surface area contributed by atoms with Crippen molar-refractivity contribution < 1.29 is 0 Å². The van der Waals surface area contributed by atoms with Crippen molar-refractivity contribution in [2.75, 3.05) is 0 Å². The summed E-state index contributed by atoms with van der Waals surface area (Å²) in [7, 11) is 0. The summed E-state index contributed by atoms with van der Waals surface area (Å²) >= 11 is 0. The normalized spacial score (nSPS) is 11.8. The van der Waals surface area contributed by atoms with E-state index in [1.807, 2.05) is 36.4 Å². The average Bonchev–Trinajstić information content (AvgIpc) is 4.01. The van der Waals surface area contributed by atoms with Crippen LogP contribution in [0.2, 0.25) is 0 Å². The topological polar surface area (TPSA) is 53.5 Å². The minimum atomic E-state index is 0.617. The van der Waals surface area contributed by atoms with Gasteiger partial charge in [0.25, 0.3) is 0 Å². The first-order valence-electron chi connectivity index (χ1n) is 21.3. The van der Waals surface area contributed by atoms with E-state index in [1.54, 1.807) is 0 Å². The lowest BCUT2D eigenvalue weighted by molar-refractivity contribution is 1.07. The largest absolute Gasteiger partial charge is 0.309 e. The van der Waals surface area contributed by atoms with Gasteiger partial charge < -0.3 is 13.7 Å². The van der Waals surface area contributed by atoms with Crippen molar-refractivity contribution >= 4 is 65.4 Å². The van der Waals surface area contributed by atoms with Gasteiger partial charge in [-0.3, -0.25) is 0 Å². The van der Waals surface area contributed by atoms with E-state index in [9.17, 15) is 0 Å². The minimum Gasteiger partial charge on any atom is -0.309 e. The molecule has 6 heteroatoms. The van der Waals surface area contributed by atoms with Gasteiger partial charge in [0, 0.05) is 60.4 Å². The standard InChI is InChI=1S/C57H36N6/c1-5-19-37(20-6-1)55-58-56(38-21-7-2-8-22-38)60-57(59-55)45-34-36-50(54-51(45)43-28-14-17-31-47(43)62(54)40-25-11-4-12-26-40)63-48-32-18-15-29-44(48)52-49(63)35-33-42-41-27-13-16-30-46(41)61(53(42)52)39-23-9-3-10-24-39/h1-36H. The Bertz CT molecular complexity index is 3830. The lowest BCUT2D eigenvalue weighted by Crippen LogP contribution is -2.03. The zero-order valence-electron chi connectivity index (χ0n) is 34.0. The second-order valence-electron chi connectivity index (χ2n) is 16.0.